The Morgan fingerprint density at radius 3 is 2.58 bits per heavy atom. The van der Waals surface area contributed by atoms with Gasteiger partial charge in [-0.1, -0.05) is 30.3 Å². The van der Waals surface area contributed by atoms with Gasteiger partial charge in [0.2, 0.25) is 5.88 Å². The second kappa shape index (κ2) is 5.96. The van der Waals surface area contributed by atoms with E-state index >= 15 is 0 Å². The second-order valence-corrected chi connectivity index (χ2v) is 6.20. The molecule has 0 atom stereocenters. The van der Waals surface area contributed by atoms with Crippen molar-refractivity contribution in [1.82, 2.24) is 10.2 Å². The smallest absolute Gasteiger partial charge is 0.239 e. The highest BCUT2D eigenvalue weighted by atomic mass is 16.5. The summed E-state index contributed by atoms with van der Waals surface area (Å²) in [4.78, 5) is 0. The average Bonchev–Trinajstić information content (AvgIpc) is 3.43. The molecule has 0 spiro atoms. The molecule has 0 aliphatic heterocycles. The first-order valence-corrected chi connectivity index (χ1v) is 8.10. The first kappa shape index (κ1) is 14.7. The van der Waals surface area contributed by atoms with Gasteiger partial charge in [0.1, 0.15) is 11.5 Å². The molecule has 2 aromatic carbocycles. The summed E-state index contributed by atoms with van der Waals surface area (Å²) in [6, 6.07) is 15.2. The standard InChI is InChI=1S/C20H18N2O2/c1-13-3-2-4-18(15-5-6-15)20(13)24-19-11-16(12-21-22-19)14-7-9-17(23)10-8-14/h2-4,7-12,15,23H,5-6H2,1H3. The molecule has 4 rings (SSSR count). The van der Waals surface area contributed by atoms with E-state index in [4.69, 9.17) is 4.74 Å². The monoisotopic (exact) mass is 318 g/mol. The summed E-state index contributed by atoms with van der Waals surface area (Å²) in [6.07, 6.45) is 4.14. The Hall–Kier alpha value is -2.88. The summed E-state index contributed by atoms with van der Waals surface area (Å²) >= 11 is 0. The Labute approximate surface area is 140 Å². The van der Waals surface area contributed by atoms with E-state index in [1.165, 1.54) is 18.4 Å². The van der Waals surface area contributed by atoms with E-state index in [0.29, 0.717) is 11.8 Å². The molecule has 1 aromatic heterocycles. The van der Waals surface area contributed by atoms with Crippen molar-refractivity contribution in [3.63, 3.8) is 0 Å². The van der Waals surface area contributed by atoms with Crippen LogP contribution in [0.5, 0.6) is 17.4 Å². The lowest BCUT2D eigenvalue weighted by atomic mass is 10.1. The van der Waals surface area contributed by atoms with Gasteiger partial charge in [-0.3, -0.25) is 0 Å². The average molecular weight is 318 g/mol. The number of rotatable bonds is 4. The number of nitrogens with zero attached hydrogens (tertiary/aromatic N) is 2. The predicted octanol–water partition coefficient (Wildman–Crippen LogP) is 4.83. The highest BCUT2D eigenvalue weighted by molar-refractivity contribution is 5.64. The number of benzene rings is 2. The highest BCUT2D eigenvalue weighted by Crippen LogP contribution is 2.46. The number of hydrogen-bond donors (Lipinski definition) is 1. The molecule has 1 N–H and O–H groups in total. The largest absolute Gasteiger partial charge is 0.508 e. The number of phenolic OH excluding ortho intramolecular Hbond substituents is 1. The molecular formula is C20H18N2O2. The first-order chi connectivity index (χ1) is 11.7. The van der Waals surface area contributed by atoms with Gasteiger partial charge in [-0.05, 0) is 54.5 Å². The van der Waals surface area contributed by atoms with Crippen molar-refractivity contribution < 1.29 is 9.84 Å². The van der Waals surface area contributed by atoms with Gasteiger partial charge in [0.15, 0.2) is 0 Å². The van der Waals surface area contributed by atoms with E-state index < -0.39 is 0 Å². The van der Waals surface area contributed by atoms with Crippen molar-refractivity contribution >= 4 is 0 Å². The van der Waals surface area contributed by atoms with Crippen LogP contribution in [0.15, 0.2) is 54.7 Å². The van der Waals surface area contributed by atoms with E-state index in [0.717, 1.165) is 22.4 Å². The number of para-hydroxylation sites is 1. The van der Waals surface area contributed by atoms with Crippen molar-refractivity contribution in [2.75, 3.05) is 0 Å². The Kier molecular flexibility index (Phi) is 3.65. The zero-order valence-electron chi connectivity index (χ0n) is 13.4. The summed E-state index contributed by atoms with van der Waals surface area (Å²) in [5.74, 6) is 2.23. The normalized spacial score (nSPS) is 13.7. The molecule has 1 heterocycles. The third kappa shape index (κ3) is 2.95. The summed E-state index contributed by atoms with van der Waals surface area (Å²) in [5, 5.41) is 17.6. The van der Waals surface area contributed by atoms with Crippen LogP contribution in [0.1, 0.15) is 29.9 Å². The first-order valence-electron chi connectivity index (χ1n) is 8.10. The van der Waals surface area contributed by atoms with Crippen LogP contribution >= 0.6 is 0 Å². The van der Waals surface area contributed by atoms with E-state index in [1.54, 1.807) is 18.3 Å². The molecule has 4 heteroatoms. The lowest BCUT2D eigenvalue weighted by Crippen LogP contribution is -1.96. The minimum absolute atomic E-state index is 0.242. The molecule has 24 heavy (non-hydrogen) atoms. The maximum Gasteiger partial charge on any atom is 0.239 e. The van der Waals surface area contributed by atoms with E-state index in [-0.39, 0.29) is 5.75 Å². The maximum atomic E-state index is 9.42. The number of hydrogen-bond acceptors (Lipinski definition) is 4. The van der Waals surface area contributed by atoms with Crippen molar-refractivity contribution in [3.05, 3.63) is 65.9 Å². The fourth-order valence-corrected chi connectivity index (χ4v) is 2.84. The quantitative estimate of drug-likeness (QED) is 0.749. The third-order valence-corrected chi connectivity index (χ3v) is 4.30. The molecule has 3 aromatic rings. The zero-order valence-corrected chi connectivity index (χ0v) is 13.4. The summed E-state index contributed by atoms with van der Waals surface area (Å²) in [5.41, 5.74) is 4.23. The lowest BCUT2D eigenvalue weighted by Gasteiger charge is -2.13. The topological polar surface area (TPSA) is 55.2 Å². The van der Waals surface area contributed by atoms with E-state index in [9.17, 15) is 5.11 Å². The molecule has 1 saturated carbocycles. The Morgan fingerprint density at radius 1 is 1.04 bits per heavy atom. The molecule has 1 aliphatic rings. The van der Waals surface area contributed by atoms with Crippen LogP contribution in [0.25, 0.3) is 11.1 Å². The zero-order chi connectivity index (χ0) is 16.5. The van der Waals surface area contributed by atoms with Gasteiger partial charge >= 0.3 is 0 Å². The lowest BCUT2D eigenvalue weighted by molar-refractivity contribution is 0.447. The molecular weight excluding hydrogens is 300 g/mol. The van der Waals surface area contributed by atoms with Gasteiger partial charge in [-0.2, -0.15) is 5.10 Å². The van der Waals surface area contributed by atoms with Gasteiger partial charge in [0.25, 0.3) is 0 Å². The van der Waals surface area contributed by atoms with Crippen LogP contribution in [0, 0.1) is 6.92 Å². The Morgan fingerprint density at radius 2 is 1.83 bits per heavy atom. The summed E-state index contributed by atoms with van der Waals surface area (Å²) in [7, 11) is 0. The van der Waals surface area contributed by atoms with Crippen LogP contribution in [-0.4, -0.2) is 15.3 Å². The van der Waals surface area contributed by atoms with Gasteiger partial charge in [-0.25, -0.2) is 0 Å². The molecule has 0 bridgehead atoms. The van der Waals surface area contributed by atoms with Gasteiger partial charge in [0, 0.05) is 11.6 Å². The van der Waals surface area contributed by atoms with Crippen LogP contribution < -0.4 is 4.74 Å². The van der Waals surface area contributed by atoms with Crippen LogP contribution in [0.3, 0.4) is 0 Å². The fourth-order valence-electron chi connectivity index (χ4n) is 2.84. The molecule has 1 fully saturated rings. The Bertz CT molecular complexity index is 871. The van der Waals surface area contributed by atoms with E-state index in [2.05, 4.69) is 35.3 Å². The predicted molar refractivity (Wildman–Crippen MR) is 92.4 cm³/mol. The van der Waals surface area contributed by atoms with Gasteiger partial charge < -0.3 is 9.84 Å². The summed E-state index contributed by atoms with van der Waals surface area (Å²) < 4.78 is 6.10. The second-order valence-electron chi connectivity index (χ2n) is 6.20. The molecule has 4 nitrogen and oxygen atoms in total. The van der Waals surface area contributed by atoms with Gasteiger partial charge in [-0.15, -0.1) is 5.10 Å². The highest BCUT2D eigenvalue weighted by Gasteiger charge is 2.27. The summed E-state index contributed by atoms with van der Waals surface area (Å²) in [6.45, 7) is 2.05. The minimum atomic E-state index is 0.242. The van der Waals surface area contributed by atoms with Crippen molar-refractivity contribution in [2.24, 2.45) is 0 Å². The number of aromatic hydroxyl groups is 1. The molecule has 0 saturated heterocycles. The SMILES string of the molecule is Cc1cccc(C2CC2)c1Oc1cc(-c2ccc(O)cc2)cnn1. The van der Waals surface area contributed by atoms with Crippen LogP contribution in [0.4, 0.5) is 0 Å². The number of aromatic nitrogens is 2. The Balaban J connectivity index is 1.67. The number of aryl methyl sites for hydroxylation is 1. The van der Waals surface area contributed by atoms with Crippen LogP contribution in [-0.2, 0) is 0 Å². The van der Waals surface area contributed by atoms with Crippen LogP contribution in [0.2, 0.25) is 0 Å². The number of ether oxygens (including phenoxy) is 1. The molecule has 0 amide bonds. The molecule has 1 aliphatic carbocycles. The molecule has 0 radical (unpaired) electrons. The maximum absolute atomic E-state index is 9.42. The number of phenols is 1. The minimum Gasteiger partial charge on any atom is -0.508 e. The van der Waals surface area contributed by atoms with Crippen molar-refractivity contribution in [2.45, 2.75) is 25.7 Å². The van der Waals surface area contributed by atoms with Crippen molar-refractivity contribution in [1.29, 1.82) is 0 Å². The fraction of sp³-hybridized carbons (Fsp3) is 0.200. The van der Waals surface area contributed by atoms with Gasteiger partial charge in [0.05, 0.1) is 6.20 Å². The molecule has 0 unspecified atom stereocenters. The third-order valence-electron chi connectivity index (χ3n) is 4.30. The van der Waals surface area contributed by atoms with E-state index in [1.807, 2.05) is 18.2 Å². The molecule has 120 valence electrons. The van der Waals surface area contributed by atoms with Crippen molar-refractivity contribution in [3.8, 4) is 28.5 Å².